The van der Waals surface area contributed by atoms with Crippen LogP contribution in [0, 0.1) is 0 Å². The molecule has 0 aliphatic carbocycles. The van der Waals surface area contributed by atoms with Crippen LogP contribution in [-0.2, 0) is 6.54 Å². The first kappa shape index (κ1) is 12.4. The lowest BCUT2D eigenvalue weighted by Gasteiger charge is -2.26. The SMILES string of the molecule is CN(C)Cc1ccccc1N1CCCNCC1. The van der Waals surface area contributed by atoms with E-state index in [0.29, 0.717) is 0 Å². The first-order chi connectivity index (χ1) is 8.27. The Kier molecular flexibility index (Phi) is 4.40. The van der Waals surface area contributed by atoms with E-state index in [2.05, 4.69) is 53.5 Å². The van der Waals surface area contributed by atoms with Gasteiger partial charge in [-0.2, -0.15) is 0 Å². The average molecular weight is 233 g/mol. The molecule has 1 aromatic carbocycles. The van der Waals surface area contributed by atoms with Crippen LogP contribution in [0.4, 0.5) is 5.69 Å². The lowest BCUT2D eigenvalue weighted by molar-refractivity contribution is 0.402. The van der Waals surface area contributed by atoms with Gasteiger partial charge in [0.2, 0.25) is 0 Å². The Morgan fingerprint density at radius 1 is 1.18 bits per heavy atom. The molecule has 0 aromatic heterocycles. The summed E-state index contributed by atoms with van der Waals surface area (Å²) in [6.45, 7) is 5.53. The summed E-state index contributed by atoms with van der Waals surface area (Å²) in [7, 11) is 4.25. The highest BCUT2D eigenvalue weighted by atomic mass is 15.2. The summed E-state index contributed by atoms with van der Waals surface area (Å²) < 4.78 is 0. The molecule has 0 atom stereocenters. The molecule has 0 spiro atoms. The maximum atomic E-state index is 3.46. The van der Waals surface area contributed by atoms with Gasteiger partial charge in [-0.25, -0.2) is 0 Å². The molecule has 0 radical (unpaired) electrons. The number of benzene rings is 1. The number of hydrogen-bond acceptors (Lipinski definition) is 3. The molecule has 3 heteroatoms. The van der Waals surface area contributed by atoms with E-state index >= 15 is 0 Å². The maximum Gasteiger partial charge on any atom is 0.0412 e. The first-order valence-electron chi connectivity index (χ1n) is 6.45. The van der Waals surface area contributed by atoms with Crippen LogP contribution in [0.3, 0.4) is 0 Å². The molecule has 0 unspecified atom stereocenters. The monoisotopic (exact) mass is 233 g/mol. The van der Waals surface area contributed by atoms with E-state index in [1.165, 1.54) is 17.7 Å². The molecule has 17 heavy (non-hydrogen) atoms. The van der Waals surface area contributed by atoms with Crippen molar-refractivity contribution in [2.75, 3.05) is 45.2 Å². The van der Waals surface area contributed by atoms with Gasteiger partial charge in [0.25, 0.3) is 0 Å². The van der Waals surface area contributed by atoms with Gasteiger partial charge in [0.05, 0.1) is 0 Å². The number of hydrogen-bond donors (Lipinski definition) is 1. The van der Waals surface area contributed by atoms with Crippen molar-refractivity contribution in [1.82, 2.24) is 10.2 Å². The minimum Gasteiger partial charge on any atom is -0.370 e. The number of rotatable bonds is 3. The Labute approximate surface area is 104 Å². The molecule has 1 saturated heterocycles. The highest BCUT2D eigenvalue weighted by Gasteiger charge is 2.12. The molecule has 2 rings (SSSR count). The quantitative estimate of drug-likeness (QED) is 0.854. The van der Waals surface area contributed by atoms with Crippen molar-refractivity contribution in [2.24, 2.45) is 0 Å². The summed E-state index contributed by atoms with van der Waals surface area (Å²) >= 11 is 0. The van der Waals surface area contributed by atoms with Crippen molar-refractivity contribution >= 4 is 5.69 Å². The van der Waals surface area contributed by atoms with Crippen molar-refractivity contribution in [3.05, 3.63) is 29.8 Å². The van der Waals surface area contributed by atoms with Crippen molar-refractivity contribution in [3.63, 3.8) is 0 Å². The zero-order valence-corrected chi connectivity index (χ0v) is 10.9. The van der Waals surface area contributed by atoms with E-state index in [1.807, 2.05) is 0 Å². The molecule has 0 saturated carbocycles. The summed E-state index contributed by atoms with van der Waals surface area (Å²) in [6.07, 6.45) is 1.23. The number of nitrogens with zero attached hydrogens (tertiary/aromatic N) is 2. The van der Waals surface area contributed by atoms with Gasteiger partial charge in [-0.3, -0.25) is 0 Å². The van der Waals surface area contributed by atoms with Gasteiger partial charge in [-0.05, 0) is 38.7 Å². The Hall–Kier alpha value is -1.06. The van der Waals surface area contributed by atoms with Gasteiger partial charge in [-0.15, -0.1) is 0 Å². The minimum absolute atomic E-state index is 1.01. The van der Waals surface area contributed by atoms with Crippen molar-refractivity contribution in [1.29, 1.82) is 0 Å². The fourth-order valence-electron chi connectivity index (χ4n) is 2.38. The second-order valence-electron chi connectivity index (χ2n) is 4.96. The lowest BCUT2D eigenvalue weighted by Crippen LogP contribution is -2.29. The summed E-state index contributed by atoms with van der Waals surface area (Å²) in [5.74, 6) is 0. The van der Waals surface area contributed by atoms with Crippen LogP contribution in [0.15, 0.2) is 24.3 Å². The third kappa shape index (κ3) is 3.45. The van der Waals surface area contributed by atoms with Crippen molar-refractivity contribution in [2.45, 2.75) is 13.0 Å². The summed E-state index contributed by atoms with van der Waals surface area (Å²) in [4.78, 5) is 4.74. The molecular weight excluding hydrogens is 210 g/mol. The van der Waals surface area contributed by atoms with Crippen LogP contribution < -0.4 is 10.2 Å². The predicted molar refractivity (Wildman–Crippen MR) is 73.5 cm³/mol. The van der Waals surface area contributed by atoms with E-state index in [-0.39, 0.29) is 0 Å². The molecule has 1 aliphatic rings. The summed E-state index contributed by atoms with van der Waals surface area (Å²) in [6, 6.07) is 8.78. The molecule has 94 valence electrons. The Balaban J connectivity index is 2.17. The van der Waals surface area contributed by atoms with Crippen LogP contribution in [0.2, 0.25) is 0 Å². The molecular formula is C14H23N3. The molecule has 1 aliphatic heterocycles. The van der Waals surface area contributed by atoms with Gasteiger partial charge >= 0.3 is 0 Å². The molecule has 3 nitrogen and oxygen atoms in total. The lowest BCUT2D eigenvalue weighted by atomic mass is 10.1. The highest BCUT2D eigenvalue weighted by molar-refractivity contribution is 5.53. The largest absolute Gasteiger partial charge is 0.370 e. The van der Waals surface area contributed by atoms with Crippen LogP contribution in [-0.4, -0.2) is 45.2 Å². The summed E-state index contributed by atoms with van der Waals surface area (Å²) in [5.41, 5.74) is 2.84. The number of anilines is 1. The molecule has 1 aromatic rings. The zero-order chi connectivity index (χ0) is 12.1. The minimum atomic E-state index is 1.01. The van der Waals surface area contributed by atoms with Gasteiger partial charge < -0.3 is 15.1 Å². The normalized spacial score (nSPS) is 17.2. The van der Waals surface area contributed by atoms with Gasteiger partial charge in [0, 0.05) is 31.9 Å². The molecule has 1 heterocycles. The van der Waals surface area contributed by atoms with E-state index in [0.717, 1.165) is 32.7 Å². The zero-order valence-electron chi connectivity index (χ0n) is 10.9. The Morgan fingerprint density at radius 3 is 2.82 bits per heavy atom. The molecule has 1 N–H and O–H groups in total. The van der Waals surface area contributed by atoms with E-state index in [9.17, 15) is 0 Å². The van der Waals surface area contributed by atoms with Gasteiger partial charge in [0.15, 0.2) is 0 Å². The topological polar surface area (TPSA) is 18.5 Å². The van der Waals surface area contributed by atoms with Crippen molar-refractivity contribution < 1.29 is 0 Å². The van der Waals surface area contributed by atoms with Crippen LogP contribution in [0.25, 0.3) is 0 Å². The fourth-order valence-corrected chi connectivity index (χ4v) is 2.38. The maximum absolute atomic E-state index is 3.46. The Morgan fingerprint density at radius 2 is 2.00 bits per heavy atom. The number of para-hydroxylation sites is 1. The molecule has 0 bridgehead atoms. The van der Waals surface area contributed by atoms with Crippen LogP contribution in [0.1, 0.15) is 12.0 Å². The number of nitrogens with one attached hydrogen (secondary N) is 1. The second kappa shape index (κ2) is 6.03. The van der Waals surface area contributed by atoms with Gasteiger partial charge in [0.1, 0.15) is 0 Å². The smallest absolute Gasteiger partial charge is 0.0412 e. The van der Waals surface area contributed by atoms with E-state index in [4.69, 9.17) is 0 Å². The average Bonchev–Trinajstić information content (AvgIpc) is 2.57. The highest BCUT2D eigenvalue weighted by Crippen LogP contribution is 2.21. The Bertz CT molecular complexity index is 341. The summed E-state index contributed by atoms with van der Waals surface area (Å²) in [5, 5.41) is 3.46. The first-order valence-corrected chi connectivity index (χ1v) is 6.45. The van der Waals surface area contributed by atoms with E-state index in [1.54, 1.807) is 0 Å². The van der Waals surface area contributed by atoms with Crippen molar-refractivity contribution in [3.8, 4) is 0 Å². The molecule has 1 fully saturated rings. The third-order valence-corrected chi connectivity index (χ3v) is 3.16. The van der Waals surface area contributed by atoms with Crippen LogP contribution >= 0.6 is 0 Å². The van der Waals surface area contributed by atoms with Gasteiger partial charge in [-0.1, -0.05) is 18.2 Å². The standard InChI is InChI=1S/C14H23N3/c1-16(2)12-13-6-3-4-7-14(13)17-10-5-8-15-9-11-17/h3-4,6-7,15H,5,8-12H2,1-2H3. The second-order valence-corrected chi connectivity index (χ2v) is 4.96. The molecule has 0 amide bonds. The third-order valence-electron chi connectivity index (χ3n) is 3.16. The van der Waals surface area contributed by atoms with Crippen LogP contribution in [0.5, 0.6) is 0 Å². The predicted octanol–water partition coefficient (Wildman–Crippen LogP) is 1.55. The fraction of sp³-hybridized carbons (Fsp3) is 0.571. The van der Waals surface area contributed by atoms with E-state index < -0.39 is 0 Å².